The second-order valence-corrected chi connectivity index (χ2v) is 10.1. The minimum Gasteiger partial charge on any atom is -0.480 e. The van der Waals surface area contributed by atoms with Crippen LogP contribution in [0.3, 0.4) is 0 Å². The van der Waals surface area contributed by atoms with Gasteiger partial charge in [-0.2, -0.15) is 0 Å². The fraction of sp³-hybridized carbons (Fsp3) is 0.286. The van der Waals surface area contributed by atoms with Crippen LogP contribution in [0.15, 0.2) is 51.2 Å². The highest BCUT2D eigenvalue weighted by Crippen LogP contribution is 2.32. The third kappa shape index (κ3) is 6.64. The monoisotopic (exact) mass is 522 g/mol. The van der Waals surface area contributed by atoms with Crippen LogP contribution in [0.1, 0.15) is 28.3 Å². The lowest BCUT2D eigenvalue weighted by Crippen LogP contribution is -2.46. The van der Waals surface area contributed by atoms with Gasteiger partial charge in [0.1, 0.15) is 22.9 Å². The number of carbonyl (C=O) groups is 2. The van der Waals surface area contributed by atoms with Gasteiger partial charge in [0, 0.05) is 5.56 Å². The first-order chi connectivity index (χ1) is 16.6. The first-order valence-electron chi connectivity index (χ1n) is 10.5. The van der Waals surface area contributed by atoms with Crippen molar-refractivity contribution < 1.29 is 27.6 Å². The highest BCUT2D eigenvalue weighted by atomic mass is 32.2. The Kier molecular flexibility index (Phi) is 8.58. The second-order valence-electron chi connectivity index (χ2n) is 7.54. The Hall–Kier alpha value is -3.30. The van der Waals surface area contributed by atoms with Crippen molar-refractivity contribution in [3.05, 3.63) is 52.4 Å². The van der Waals surface area contributed by atoms with Gasteiger partial charge in [-0.25, -0.2) is 13.2 Å². The lowest BCUT2D eigenvalue weighted by atomic mass is 10.1. The minimum atomic E-state index is -4.20. The van der Waals surface area contributed by atoms with Crippen LogP contribution in [0.25, 0.3) is 11.3 Å². The van der Waals surface area contributed by atoms with Crippen molar-refractivity contribution in [2.24, 2.45) is 11.5 Å². The topological polar surface area (TPSA) is 203 Å². The number of aromatic nitrogens is 1. The summed E-state index contributed by atoms with van der Waals surface area (Å²) < 4.78 is 34.0. The van der Waals surface area contributed by atoms with E-state index in [1.54, 1.807) is 30.3 Å². The zero-order chi connectivity index (χ0) is 25.6. The van der Waals surface area contributed by atoms with E-state index in [9.17, 15) is 23.1 Å². The number of nitrogens with one attached hydrogen (secondary N) is 3. The van der Waals surface area contributed by atoms with E-state index in [2.05, 4.69) is 20.5 Å². The quantitative estimate of drug-likeness (QED) is 0.148. The number of nitrogens with zero attached hydrogens (tertiary/aromatic N) is 1. The summed E-state index contributed by atoms with van der Waals surface area (Å²) in [6.45, 7) is 1.84. The molecule has 2 heterocycles. The first-order valence-corrected chi connectivity index (χ1v) is 12.9. The van der Waals surface area contributed by atoms with Crippen LogP contribution in [0.4, 0.5) is 5.69 Å². The molecule has 12 nitrogen and oxygen atoms in total. The normalized spacial score (nSPS) is 12.5. The Morgan fingerprint density at radius 2 is 1.91 bits per heavy atom. The average molecular weight is 523 g/mol. The first kappa shape index (κ1) is 26.3. The number of carboxylic acids is 1. The molecule has 8 N–H and O–H groups in total. The standard InChI is InChI=1S/C21H26N6O6S2/c1-12-18(16(26-33-12)13-6-3-2-4-7-13)35(31,32)27-14-9-11-34-17(14)19(28)25-15(20(29)30)8-5-10-24-21(22)23/h2-4,6-7,9,11,15,21,24,27H,5,8,10,22-23H2,1H3,(H,25,28)(H,29,30)/t15-/m0/s1. The van der Waals surface area contributed by atoms with Crippen molar-refractivity contribution >= 4 is 38.9 Å². The molecule has 3 aromatic rings. The van der Waals surface area contributed by atoms with Crippen LogP contribution in [0.5, 0.6) is 0 Å². The number of nitrogens with two attached hydrogens (primary N) is 2. The van der Waals surface area contributed by atoms with Gasteiger partial charge in [-0.15, -0.1) is 11.3 Å². The molecule has 0 radical (unpaired) electrons. The molecule has 0 aliphatic heterocycles. The largest absolute Gasteiger partial charge is 0.480 e. The molecule has 35 heavy (non-hydrogen) atoms. The van der Waals surface area contributed by atoms with E-state index in [1.165, 1.54) is 18.4 Å². The Morgan fingerprint density at radius 3 is 2.57 bits per heavy atom. The summed E-state index contributed by atoms with van der Waals surface area (Å²) in [6, 6.07) is 8.89. The number of carbonyl (C=O) groups excluding carboxylic acids is 1. The predicted molar refractivity (Wildman–Crippen MR) is 130 cm³/mol. The van der Waals surface area contributed by atoms with Crippen LogP contribution in [-0.4, -0.2) is 49.4 Å². The van der Waals surface area contributed by atoms with E-state index < -0.39 is 34.2 Å². The number of carboxylic acid groups (broad SMARTS) is 1. The van der Waals surface area contributed by atoms with Gasteiger partial charge in [0.2, 0.25) is 0 Å². The third-order valence-corrected chi connectivity index (χ3v) is 7.31. The molecule has 0 fully saturated rings. The van der Waals surface area contributed by atoms with Gasteiger partial charge in [0.15, 0.2) is 10.7 Å². The van der Waals surface area contributed by atoms with Crippen LogP contribution >= 0.6 is 11.3 Å². The molecule has 1 amide bonds. The summed E-state index contributed by atoms with van der Waals surface area (Å²) >= 11 is 0.970. The van der Waals surface area contributed by atoms with Crippen molar-refractivity contribution in [1.82, 2.24) is 15.8 Å². The maximum Gasteiger partial charge on any atom is 0.326 e. The summed E-state index contributed by atoms with van der Waals surface area (Å²) in [7, 11) is -4.20. The van der Waals surface area contributed by atoms with Crippen LogP contribution < -0.4 is 26.8 Å². The fourth-order valence-electron chi connectivity index (χ4n) is 3.28. The molecule has 0 unspecified atom stereocenters. The molecule has 1 aromatic carbocycles. The smallest absolute Gasteiger partial charge is 0.326 e. The second kappa shape index (κ2) is 11.4. The van der Waals surface area contributed by atoms with Gasteiger partial charge >= 0.3 is 5.97 Å². The maximum atomic E-state index is 13.3. The molecular weight excluding hydrogens is 496 g/mol. The Morgan fingerprint density at radius 1 is 1.20 bits per heavy atom. The summed E-state index contributed by atoms with van der Waals surface area (Å²) in [4.78, 5) is 24.3. The van der Waals surface area contributed by atoms with Crippen LogP contribution in [-0.2, 0) is 14.8 Å². The van der Waals surface area contributed by atoms with E-state index in [4.69, 9.17) is 16.0 Å². The summed E-state index contributed by atoms with van der Waals surface area (Å²) in [5, 5.41) is 20.1. The average Bonchev–Trinajstić information content (AvgIpc) is 3.42. The maximum absolute atomic E-state index is 13.3. The summed E-state index contributed by atoms with van der Waals surface area (Å²) in [5.41, 5.74) is 11.5. The molecule has 0 saturated carbocycles. The Balaban J connectivity index is 1.78. The lowest BCUT2D eigenvalue weighted by Gasteiger charge is -2.16. The number of thiophene rings is 1. The van der Waals surface area contributed by atoms with Gasteiger partial charge in [-0.05, 0) is 37.8 Å². The van der Waals surface area contributed by atoms with Gasteiger partial charge in [-0.3, -0.25) is 14.8 Å². The van der Waals surface area contributed by atoms with E-state index in [0.717, 1.165) is 11.3 Å². The molecule has 2 aromatic heterocycles. The van der Waals surface area contributed by atoms with E-state index >= 15 is 0 Å². The molecule has 0 bridgehead atoms. The molecule has 1 atom stereocenters. The molecule has 0 spiro atoms. The zero-order valence-corrected chi connectivity index (χ0v) is 20.4. The fourth-order valence-corrected chi connectivity index (χ4v) is 5.48. The van der Waals surface area contributed by atoms with Crippen molar-refractivity contribution in [3.8, 4) is 11.3 Å². The Bertz CT molecular complexity index is 1270. The predicted octanol–water partition coefficient (Wildman–Crippen LogP) is 1.27. The lowest BCUT2D eigenvalue weighted by molar-refractivity contribution is -0.139. The number of anilines is 1. The van der Waals surface area contributed by atoms with Crippen molar-refractivity contribution in [1.29, 1.82) is 0 Å². The van der Waals surface area contributed by atoms with Gasteiger partial charge in [0.05, 0.1) is 5.69 Å². The number of rotatable bonds is 12. The van der Waals surface area contributed by atoms with E-state index in [0.29, 0.717) is 18.5 Å². The van der Waals surface area contributed by atoms with E-state index in [-0.39, 0.29) is 33.3 Å². The van der Waals surface area contributed by atoms with Gasteiger partial charge in [-0.1, -0.05) is 35.5 Å². The number of aryl methyl sites for hydroxylation is 1. The third-order valence-electron chi connectivity index (χ3n) is 4.89. The number of aliphatic carboxylic acids is 1. The van der Waals surface area contributed by atoms with E-state index in [1.807, 2.05) is 0 Å². The van der Waals surface area contributed by atoms with Crippen molar-refractivity contribution in [3.63, 3.8) is 0 Å². The van der Waals surface area contributed by atoms with Gasteiger partial charge in [0.25, 0.3) is 15.9 Å². The van der Waals surface area contributed by atoms with Crippen LogP contribution in [0, 0.1) is 6.92 Å². The summed E-state index contributed by atoms with van der Waals surface area (Å²) in [5.74, 6) is -1.87. The number of sulfonamides is 1. The highest BCUT2D eigenvalue weighted by molar-refractivity contribution is 7.93. The number of amides is 1. The minimum absolute atomic E-state index is 0.00650. The molecule has 0 aliphatic carbocycles. The number of hydrogen-bond acceptors (Lipinski definition) is 10. The molecule has 3 rings (SSSR count). The molecule has 0 saturated heterocycles. The molecule has 188 valence electrons. The van der Waals surface area contributed by atoms with Crippen molar-refractivity contribution in [2.75, 3.05) is 11.3 Å². The molecule has 0 aliphatic rings. The highest BCUT2D eigenvalue weighted by Gasteiger charge is 2.30. The number of benzene rings is 1. The molecule has 14 heteroatoms. The molecular formula is C21H26N6O6S2. The number of hydrogen-bond donors (Lipinski definition) is 6. The SMILES string of the molecule is Cc1onc(-c2ccccc2)c1S(=O)(=O)Nc1ccsc1C(=O)N[C@@H](CCCNC(N)N)C(=O)O. The van der Waals surface area contributed by atoms with Gasteiger partial charge < -0.3 is 26.4 Å². The zero-order valence-electron chi connectivity index (χ0n) is 18.7. The Labute approximate surface area is 205 Å². The summed E-state index contributed by atoms with van der Waals surface area (Å²) in [6.07, 6.45) is -0.222. The van der Waals surface area contributed by atoms with Crippen LogP contribution in [0.2, 0.25) is 0 Å². The van der Waals surface area contributed by atoms with Crippen molar-refractivity contribution in [2.45, 2.75) is 37.0 Å².